The van der Waals surface area contributed by atoms with Gasteiger partial charge in [0.15, 0.2) is 0 Å². The van der Waals surface area contributed by atoms with Crippen molar-refractivity contribution in [2.24, 2.45) is 0 Å². The van der Waals surface area contributed by atoms with Gasteiger partial charge in [-0.25, -0.2) is 4.98 Å². The average Bonchev–Trinajstić information content (AvgIpc) is 2.74. The van der Waals surface area contributed by atoms with Crippen molar-refractivity contribution < 1.29 is 4.74 Å². The van der Waals surface area contributed by atoms with E-state index in [1.165, 1.54) is 0 Å². The highest BCUT2D eigenvalue weighted by Gasteiger charge is 2.11. The van der Waals surface area contributed by atoms with E-state index in [-0.39, 0.29) is 0 Å². The third-order valence-corrected chi connectivity index (χ3v) is 3.36. The zero-order chi connectivity index (χ0) is 14.7. The van der Waals surface area contributed by atoms with Gasteiger partial charge in [-0.05, 0) is 25.5 Å². The average molecular weight is 292 g/mol. The van der Waals surface area contributed by atoms with Crippen molar-refractivity contribution in [2.75, 3.05) is 12.4 Å². The molecule has 0 radical (unpaired) electrons. The first kappa shape index (κ1) is 14.5. The SMILES string of the molecule is C=CCn1cc(C)nc1Nc1cc(C)c(Cl)cc1OC. The van der Waals surface area contributed by atoms with Crippen LogP contribution in [0.15, 0.2) is 31.0 Å². The minimum Gasteiger partial charge on any atom is -0.495 e. The molecule has 20 heavy (non-hydrogen) atoms. The Balaban J connectivity index is 2.39. The standard InChI is InChI=1S/C15H18ClN3O/c1-5-6-19-9-11(3)17-15(19)18-13-7-10(2)12(16)8-14(13)20-4/h5,7-9H,1,6H2,2-4H3,(H,17,18). The summed E-state index contributed by atoms with van der Waals surface area (Å²) in [5.41, 5.74) is 2.76. The van der Waals surface area contributed by atoms with Gasteiger partial charge in [-0.3, -0.25) is 0 Å². The minimum atomic E-state index is 0.679. The Labute approximate surface area is 124 Å². The first-order chi connectivity index (χ1) is 9.55. The maximum Gasteiger partial charge on any atom is 0.207 e. The molecular weight excluding hydrogens is 274 g/mol. The van der Waals surface area contributed by atoms with Crippen LogP contribution in [0.2, 0.25) is 5.02 Å². The molecular formula is C15H18ClN3O. The molecule has 0 amide bonds. The Morgan fingerprint density at radius 2 is 2.20 bits per heavy atom. The van der Waals surface area contributed by atoms with E-state index < -0.39 is 0 Å². The summed E-state index contributed by atoms with van der Waals surface area (Å²) in [4.78, 5) is 4.47. The van der Waals surface area contributed by atoms with Gasteiger partial charge in [-0.2, -0.15) is 0 Å². The number of hydrogen-bond acceptors (Lipinski definition) is 3. The lowest BCUT2D eigenvalue weighted by Gasteiger charge is -2.13. The maximum atomic E-state index is 6.11. The van der Waals surface area contributed by atoms with Gasteiger partial charge >= 0.3 is 0 Å². The van der Waals surface area contributed by atoms with E-state index in [0.29, 0.717) is 17.3 Å². The van der Waals surface area contributed by atoms with Crippen molar-refractivity contribution in [3.63, 3.8) is 0 Å². The van der Waals surface area contributed by atoms with Crippen molar-refractivity contribution >= 4 is 23.2 Å². The van der Waals surface area contributed by atoms with Crippen LogP contribution in [-0.2, 0) is 6.54 Å². The number of anilines is 2. The number of nitrogens with zero attached hydrogens (tertiary/aromatic N) is 2. The van der Waals surface area contributed by atoms with Crippen LogP contribution in [-0.4, -0.2) is 16.7 Å². The van der Waals surface area contributed by atoms with Crippen molar-refractivity contribution in [3.8, 4) is 5.75 Å². The monoisotopic (exact) mass is 291 g/mol. The highest BCUT2D eigenvalue weighted by atomic mass is 35.5. The number of imidazole rings is 1. The number of hydrogen-bond donors (Lipinski definition) is 1. The molecule has 1 N–H and O–H groups in total. The van der Waals surface area contributed by atoms with E-state index in [4.69, 9.17) is 16.3 Å². The van der Waals surface area contributed by atoms with E-state index in [0.717, 1.165) is 22.9 Å². The Hall–Kier alpha value is -1.94. The molecule has 0 aliphatic carbocycles. The quantitative estimate of drug-likeness (QED) is 0.843. The zero-order valence-electron chi connectivity index (χ0n) is 11.9. The van der Waals surface area contributed by atoms with E-state index in [2.05, 4.69) is 16.9 Å². The second-order valence-corrected chi connectivity index (χ2v) is 4.98. The summed E-state index contributed by atoms with van der Waals surface area (Å²) >= 11 is 6.11. The van der Waals surface area contributed by atoms with E-state index in [9.17, 15) is 0 Å². The molecule has 5 heteroatoms. The summed E-state index contributed by atoms with van der Waals surface area (Å²) in [5, 5.41) is 3.96. The number of benzene rings is 1. The van der Waals surface area contributed by atoms with Crippen molar-refractivity contribution in [1.29, 1.82) is 0 Å². The van der Waals surface area contributed by atoms with Gasteiger partial charge < -0.3 is 14.6 Å². The Kier molecular flexibility index (Phi) is 4.35. The number of ether oxygens (including phenoxy) is 1. The molecule has 1 aromatic carbocycles. The summed E-state index contributed by atoms with van der Waals surface area (Å²) in [6.07, 6.45) is 3.80. The van der Waals surface area contributed by atoms with Gasteiger partial charge in [0.2, 0.25) is 5.95 Å². The van der Waals surface area contributed by atoms with Gasteiger partial charge in [0.25, 0.3) is 0 Å². The number of rotatable bonds is 5. The lowest BCUT2D eigenvalue weighted by atomic mass is 10.2. The van der Waals surface area contributed by atoms with Crippen LogP contribution in [0.3, 0.4) is 0 Å². The molecule has 0 saturated carbocycles. The Morgan fingerprint density at radius 3 is 2.85 bits per heavy atom. The fourth-order valence-electron chi connectivity index (χ4n) is 1.98. The van der Waals surface area contributed by atoms with Crippen molar-refractivity contribution in [1.82, 2.24) is 9.55 Å². The molecule has 0 fully saturated rings. The van der Waals surface area contributed by atoms with Gasteiger partial charge in [-0.15, -0.1) is 6.58 Å². The summed E-state index contributed by atoms with van der Waals surface area (Å²) in [6.45, 7) is 8.35. The molecule has 1 aromatic heterocycles. The molecule has 0 spiro atoms. The van der Waals surface area contributed by atoms with Gasteiger partial charge in [-0.1, -0.05) is 17.7 Å². The number of allylic oxidation sites excluding steroid dienone is 1. The summed E-state index contributed by atoms with van der Waals surface area (Å²) < 4.78 is 7.35. The van der Waals surface area contributed by atoms with Crippen molar-refractivity contribution in [3.05, 3.63) is 47.3 Å². The van der Waals surface area contributed by atoms with E-state index >= 15 is 0 Å². The lowest BCUT2D eigenvalue weighted by Crippen LogP contribution is -2.03. The third kappa shape index (κ3) is 2.96. The number of aromatic nitrogens is 2. The zero-order valence-corrected chi connectivity index (χ0v) is 12.7. The normalized spacial score (nSPS) is 10.4. The fraction of sp³-hybridized carbons (Fsp3) is 0.267. The fourth-order valence-corrected chi connectivity index (χ4v) is 2.13. The van der Waals surface area contributed by atoms with Crippen LogP contribution in [0.1, 0.15) is 11.3 Å². The van der Waals surface area contributed by atoms with Crippen molar-refractivity contribution in [2.45, 2.75) is 20.4 Å². The lowest BCUT2D eigenvalue weighted by molar-refractivity contribution is 0.416. The van der Waals surface area contributed by atoms with Gasteiger partial charge in [0, 0.05) is 23.8 Å². The second-order valence-electron chi connectivity index (χ2n) is 4.57. The van der Waals surface area contributed by atoms with E-state index in [1.54, 1.807) is 13.2 Å². The molecule has 1 heterocycles. The Morgan fingerprint density at radius 1 is 1.45 bits per heavy atom. The smallest absolute Gasteiger partial charge is 0.207 e. The molecule has 0 atom stereocenters. The predicted molar refractivity (Wildman–Crippen MR) is 83.2 cm³/mol. The minimum absolute atomic E-state index is 0.679. The number of halogens is 1. The number of methoxy groups -OCH3 is 1. The van der Waals surface area contributed by atoms with Crippen LogP contribution >= 0.6 is 11.6 Å². The first-order valence-electron chi connectivity index (χ1n) is 6.31. The number of aryl methyl sites for hydroxylation is 2. The second kappa shape index (κ2) is 6.01. The molecule has 0 unspecified atom stereocenters. The van der Waals surface area contributed by atoms with Crippen LogP contribution in [0, 0.1) is 13.8 Å². The molecule has 2 rings (SSSR count). The summed E-state index contributed by atoms with van der Waals surface area (Å²) in [7, 11) is 1.62. The van der Waals surface area contributed by atoms with E-state index in [1.807, 2.05) is 36.8 Å². The molecule has 0 bridgehead atoms. The predicted octanol–water partition coefficient (Wildman–Crippen LogP) is 4.09. The van der Waals surface area contributed by atoms with Gasteiger partial charge in [0.05, 0.1) is 18.5 Å². The number of nitrogens with one attached hydrogen (secondary N) is 1. The molecule has 0 saturated heterocycles. The van der Waals surface area contributed by atoms with Crippen LogP contribution in [0.5, 0.6) is 5.75 Å². The topological polar surface area (TPSA) is 39.1 Å². The summed E-state index contributed by atoms with van der Waals surface area (Å²) in [5.74, 6) is 1.44. The van der Waals surface area contributed by atoms with Gasteiger partial charge in [0.1, 0.15) is 5.75 Å². The highest BCUT2D eigenvalue weighted by Crippen LogP contribution is 2.32. The largest absolute Gasteiger partial charge is 0.495 e. The van der Waals surface area contributed by atoms with Crippen LogP contribution < -0.4 is 10.1 Å². The molecule has 0 aliphatic heterocycles. The maximum absolute atomic E-state index is 6.11. The molecule has 0 aliphatic rings. The Bertz CT molecular complexity index is 634. The highest BCUT2D eigenvalue weighted by molar-refractivity contribution is 6.31. The molecule has 2 aromatic rings. The first-order valence-corrected chi connectivity index (χ1v) is 6.68. The molecule has 106 valence electrons. The van der Waals surface area contributed by atoms with Crippen LogP contribution in [0.25, 0.3) is 0 Å². The summed E-state index contributed by atoms with van der Waals surface area (Å²) in [6, 6.07) is 3.75. The third-order valence-electron chi connectivity index (χ3n) is 2.95. The molecule has 4 nitrogen and oxygen atoms in total. The van der Waals surface area contributed by atoms with Crippen LogP contribution in [0.4, 0.5) is 11.6 Å².